The Kier molecular flexibility index (Phi) is 1.71. The lowest BCUT2D eigenvalue weighted by Crippen LogP contribution is -2.19. The maximum Gasteiger partial charge on any atom is 0.180 e. The topological polar surface area (TPSA) is 48.9 Å². The molecule has 0 aromatic carbocycles. The second kappa shape index (κ2) is 2.40. The minimum Gasteiger partial charge on any atom is -0.371 e. The summed E-state index contributed by atoms with van der Waals surface area (Å²) in [6.07, 6.45) is 6.71. The molecule has 1 aromatic rings. The summed E-state index contributed by atoms with van der Waals surface area (Å²) in [4.78, 5) is 6.77. The number of nitrogens with one attached hydrogen (secondary N) is 1. The van der Waals surface area contributed by atoms with Crippen molar-refractivity contribution in [2.24, 2.45) is 0 Å². The summed E-state index contributed by atoms with van der Waals surface area (Å²) in [6.45, 7) is 3.37. The van der Waals surface area contributed by atoms with Crippen LogP contribution in [0.2, 0.25) is 0 Å². The van der Waals surface area contributed by atoms with Crippen LogP contribution in [0.1, 0.15) is 18.4 Å². The molecule has 1 heterocycles. The van der Waals surface area contributed by atoms with Crippen LogP contribution >= 0.6 is 0 Å². The molecule has 0 fully saturated rings. The van der Waals surface area contributed by atoms with Gasteiger partial charge in [-0.2, -0.15) is 0 Å². The Balaban J connectivity index is 3.04. The average Bonchev–Trinajstić information content (AvgIpc) is 2.36. The number of imidazole rings is 1. The number of rotatable bonds is 1. The molecule has 3 heteroatoms. The van der Waals surface area contributed by atoms with Gasteiger partial charge in [0.05, 0.1) is 0 Å². The number of aliphatic hydroxyl groups is 1. The Morgan fingerprint density at radius 1 is 1.82 bits per heavy atom. The maximum atomic E-state index is 9.48. The SMILES string of the molecule is C#CC(C)(O)c1ncc(C)[nH]1. The van der Waals surface area contributed by atoms with E-state index in [1.54, 1.807) is 6.20 Å². The second-order valence-electron chi connectivity index (χ2n) is 2.63. The van der Waals surface area contributed by atoms with Gasteiger partial charge >= 0.3 is 0 Å². The van der Waals surface area contributed by atoms with Crippen molar-refractivity contribution in [2.75, 3.05) is 0 Å². The van der Waals surface area contributed by atoms with Crippen LogP contribution in [0.3, 0.4) is 0 Å². The summed E-state index contributed by atoms with van der Waals surface area (Å²) < 4.78 is 0. The standard InChI is InChI=1S/C8H10N2O/c1-4-8(3,11)7-9-5-6(2)10-7/h1,5,11H,2-3H3,(H,9,10). The Morgan fingerprint density at radius 2 is 2.45 bits per heavy atom. The Hall–Kier alpha value is -1.27. The molecule has 0 amide bonds. The number of terminal acetylenes is 1. The molecule has 1 rings (SSSR count). The third-order valence-electron chi connectivity index (χ3n) is 1.45. The van der Waals surface area contributed by atoms with E-state index in [0.717, 1.165) is 5.69 Å². The van der Waals surface area contributed by atoms with Crippen LogP contribution in [0.5, 0.6) is 0 Å². The molecule has 0 spiro atoms. The minimum absolute atomic E-state index is 0.414. The van der Waals surface area contributed by atoms with Gasteiger partial charge < -0.3 is 10.1 Å². The lowest BCUT2D eigenvalue weighted by atomic mass is 10.1. The third-order valence-corrected chi connectivity index (χ3v) is 1.45. The van der Waals surface area contributed by atoms with Gasteiger partial charge in [0.25, 0.3) is 0 Å². The van der Waals surface area contributed by atoms with Crippen LogP contribution < -0.4 is 0 Å². The van der Waals surface area contributed by atoms with Gasteiger partial charge in [0.1, 0.15) is 0 Å². The molecule has 1 atom stereocenters. The quantitative estimate of drug-likeness (QED) is 0.574. The zero-order chi connectivity index (χ0) is 8.48. The highest BCUT2D eigenvalue weighted by Crippen LogP contribution is 2.14. The fraction of sp³-hybridized carbons (Fsp3) is 0.375. The molecule has 0 aliphatic carbocycles. The largest absolute Gasteiger partial charge is 0.371 e. The molecule has 0 bridgehead atoms. The van der Waals surface area contributed by atoms with Gasteiger partial charge in [-0.05, 0) is 13.8 Å². The van der Waals surface area contributed by atoms with Gasteiger partial charge in [-0.15, -0.1) is 6.42 Å². The van der Waals surface area contributed by atoms with Crippen molar-refractivity contribution in [1.29, 1.82) is 0 Å². The van der Waals surface area contributed by atoms with Gasteiger partial charge in [-0.25, -0.2) is 4.98 Å². The van der Waals surface area contributed by atoms with E-state index in [0.29, 0.717) is 5.82 Å². The molecule has 58 valence electrons. The first-order chi connectivity index (χ1) is 5.06. The average molecular weight is 150 g/mol. The van der Waals surface area contributed by atoms with E-state index in [9.17, 15) is 5.11 Å². The summed E-state index contributed by atoms with van der Waals surface area (Å²) in [5.74, 6) is 2.65. The van der Waals surface area contributed by atoms with Crippen molar-refractivity contribution in [1.82, 2.24) is 9.97 Å². The van der Waals surface area contributed by atoms with E-state index < -0.39 is 5.60 Å². The Labute approximate surface area is 65.5 Å². The first-order valence-corrected chi connectivity index (χ1v) is 3.28. The molecule has 0 saturated heterocycles. The van der Waals surface area contributed by atoms with Gasteiger partial charge in [0, 0.05) is 11.9 Å². The van der Waals surface area contributed by atoms with E-state index in [1.165, 1.54) is 6.92 Å². The van der Waals surface area contributed by atoms with E-state index in [4.69, 9.17) is 6.42 Å². The van der Waals surface area contributed by atoms with Crippen LogP contribution in [0.15, 0.2) is 6.20 Å². The third kappa shape index (κ3) is 1.41. The van der Waals surface area contributed by atoms with E-state index in [2.05, 4.69) is 15.9 Å². The van der Waals surface area contributed by atoms with Gasteiger partial charge in [-0.1, -0.05) is 5.92 Å². The fourth-order valence-electron chi connectivity index (χ4n) is 0.728. The van der Waals surface area contributed by atoms with Crippen molar-refractivity contribution in [3.63, 3.8) is 0 Å². The minimum atomic E-state index is -1.28. The smallest absolute Gasteiger partial charge is 0.180 e. The fourth-order valence-corrected chi connectivity index (χ4v) is 0.728. The zero-order valence-corrected chi connectivity index (χ0v) is 6.55. The second-order valence-corrected chi connectivity index (χ2v) is 2.63. The normalized spacial score (nSPS) is 15.5. The summed E-state index contributed by atoms with van der Waals surface area (Å²) in [7, 11) is 0. The van der Waals surface area contributed by atoms with Crippen molar-refractivity contribution in [2.45, 2.75) is 19.4 Å². The number of H-pyrrole nitrogens is 1. The number of aromatic amines is 1. The summed E-state index contributed by atoms with van der Waals surface area (Å²) in [5.41, 5.74) is -0.399. The van der Waals surface area contributed by atoms with Crippen LogP contribution in [0.4, 0.5) is 0 Å². The number of hydrogen-bond donors (Lipinski definition) is 2. The number of hydrogen-bond acceptors (Lipinski definition) is 2. The summed E-state index contributed by atoms with van der Waals surface area (Å²) in [5, 5.41) is 9.48. The van der Waals surface area contributed by atoms with Gasteiger partial charge in [0.2, 0.25) is 0 Å². The summed E-state index contributed by atoms with van der Waals surface area (Å²) in [6, 6.07) is 0. The zero-order valence-electron chi connectivity index (χ0n) is 6.55. The number of aryl methyl sites for hydroxylation is 1. The van der Waals surface area contributed by atoms with Crippen molar-refractivity contribution in [3.05, 3.63) is 17.7 Å². The molecule has 0 saturated carbocycles. The Bertz CT molecular complexity index is 293. The molecule has 1 aromatic heterocycles. The highest BCUT2D eigenvalue weighted by Gasteiger charge is 2.22. The number of nitrogens with zero attached hydrogens (tertiary/aromatic N) is 1. The van der Waals surface area contributed by atoms with Crippen LogP contribution in [0.25, 0.3) is 0 Å². The summed E-state index contributed by atoms with van der Waals surface area (Å²) >= 11 is 0. The van der Waals surface area contributed by atoms with Crippen molar-refractivity contribution in [3.8, 4) is 12.3 Å². The van der Waals surface area contributed by atoms with E-state index in [1.807, 2.05) is 6.92 Å². The first-order valence-electron chi connectivity index (χ1n) is 3.28. The first kappa shape index (κ1) is 7.83. The highest BCUT2D eigenvalue weighted by atomic mass is 16.3. The molecule has 0 aliphatic rings. The van der Waals surface area contributed by atoms with E-state index >= 15 is 0 Å². The highest BCUT2D eigenvalue weighted by molar-refractivity contribution is 5.17. The molecule has 1 unspecified atom stereocenters. The molecule has 0 aliphatic heterocycles. The van der Waals surface area contributed by atoms with Crippen molar-refractivity contribution < 1.29 is 5.11 Å². The van der Waals surface area contributed by atoms with Crippen LogP contribution in [-0.4, -0.2) is 15.1 Å². The van der Waals surface area contributed by atoms with Crippen LogP contribution in [-0.2, 0) is 5.60 Å². The van der Waals surface area contributed by atoms with Gasteiger partial charge in [0.15, 0.2) is 11.4 Å². The predicted molar refractivity (Wildman–Crippen MR) is 41.7 cm³/mol. The lowest BCUT2D eigenvalue weighted by molar-refractivity contribution is 0.113. The monoisotopic (exact) mass is 150 g/mol. The predicted octanol–water partition coefficient (Wildman–Crippen LogP) is 0.559. The maximum absolute atomic E-state index is 9.48. The van der Waals surface area contributed by atoms with Crippen molar-refractivity contribution >= 4 is 0 Å². The molecule has 2 N–H and O–H groups in total. The Morgan fingerprint density at radius 3 is 2.82 bits per heavy atom. The van der Waals surface area contributed by atoms with Gasteiger partial charge in [-0.3, -0.25) is 0 Å². The number of aromatic nitrogens is 2. The molecule has 3 nitrogen and oxygen atoms in total. The molecule has 0 radical (unpaired) electrons. The van der Waals surface area contributed by atoms with E-state index in [-0.39, 0.29) is 0 Å². The molecule has 11 heavy (non-hydrogen) atoms. The van der Waals surface area contributed by atoms with Crippen LogP contribution in [0, 0.1) is 19.3 Å². The molecular weight excluding hydrogens is 140 g/mol. The lowest BCUT2D eigenvalue weighted by Gasteiger charge is -2.11. The molecular formula is C8H10N2O.